The van der Waals surface area contributed by atoms with Gasteiger partial charge in [0.15, 0.2) is 0 Å². The lowest BCUT2D eigenvalue weighted by Crippen LogP contribution is -2.29. The van der Waals surface area contributed by atoms with Gasteiger partial charge in [-0.05, 0) is 67.3 Å². The number of nitrogens with zero attached hydrogens (tertiary/aromatic N) is 2. The second-order valence-corrected chi connectivity index (χ2v) is 8.72. The van der Waals surface area contributed by atoms with E-state index in [1.165, 1.54) is 4.90 Å². The third-order valence-corrected chi connectivity index (χ3v) is 6.12. The molecule has 1 aliphatic heterocycles. The number of hydrogen-bond donors (Lipinski definition) is 1. The van der Waals surface area contributed by atoms with Crippen molar-refractivity contribution in [3.8, 4) is 11.5 Å². The molecule has 3 aromatic rings. The van der Waals surface area contributed by atoms with Crippen molar-refractivity contribution in [1.82, 2.24) is 4.98 Å². The highest BCUT2D eigenvalue weighted by molar-refractivity contribution is 6.51. The van der Waals surface area contributed by atoms with Crippen molar-refractivity contribution in [2.45, 2.75) is 39.7 Å². The predicted molar refractivity (Wildman–Crippen MR) is 138 cm³/mol. The van der Waals surface area contributed by atoms with Crippen LogP contribution in [0, 0.1) is 0 Å². The van der Waals surface area contributed by atoms with Crippen molar-refractivity contribution in [3.63, 3.8) is 0 Å². The van der Waals surface area contributed by atoms with Crippen LogP contribution < -0.4 is 14.4 Å². The van der Waals surface area contributed by atoms with Gasteiger partial charge in [-0.3, -0.25) is 19.5 Å². The van der Waals surface area contributed by atoms with Gasteiger partial charge in [0.1, 0.15) is 17.3 Å². The quantitative estimate of drug-likeness (QED) is 0.252. The van der Waals surface area contributed by atoms with Gasteiger partial charge in [0.25, 0.3) is 11.7 Å². The Balaban J connectivity index is 1.90. The number of aliphatic hydroxyl groups excluding tert-OH is 1. The first-order chi connectivity index (χ1) is 17.4. The number of aromatic nitrogens is 1. The molecule has 1 unspecified atom stereocenters. The van der Waals surface area contributed by atoms with Crippen molar-refractivity contribution in [1.29, 1.82) is 0 Å². The van der Waals surface area contributed by atoms with Crippen LogP contribution in [0.4, 0.5) is 5.69 Å². The normalized spacial score (nSPS) is 17.0. The van der Waals surface area contributed by atoms with E-state index < -0.39 is 17.7 Å². The third kappa shape index (κ3) is 4.69. The third-order valence-electron chi connectivity index (χ3n) is 6.12. The van der Waals surface area contributed by atoms with E-state index in [2.05, 4.69) is 18.8 Å². The lowest BCUT2D eigenvalue weighted by Gasteiger charge is -2.26. The fourth-order valence-electron chi connectivity index (χ4n) is 4.35. The van der Waals surface area contributed by atoms with Crippen molar-refractivity contribution >= 4 is 23.1 Å². The fraction of sp³-hybridized carbons (Fsp3) is 0.276. The molecule has 1 aromatic heterocycles. The zero-order valence-electron chi connectivity index (χ0n) is 20.9. The minimum Gasteiger partial charge on any atom is -0.507 e. The van der Waals surface area contributed by atoms with Crippen molar-refractivity contribution < 1.29 is 24.2 Å². The Kier molecular flexibility index (Phi) is 7.38. The maximum absolute atomic E-state index is 13.4. The molecule has 1 amide bonds. The maximum atomic E-state index is 13.4. The van der Waals surface area contributed by atoms with Crippen LogP contribution in [-0.2, 0) is 9.59 Å². The smallest absolute Gasteiger partial charge is 0.300 e. The number of carbonyl (C=O) groups is 2. The summed E-state index contributed by atoms with van der Waals surface area (Å²) in [5, 5.41) is 11.5. The first-order valence-electron chi connectivity index (χ1n) is 12.1. The fourth-order valence-corrected chi connectivity index (χ4v) is 4.35. The number of amides is 1. The lowest BCUT2D eigenvalue weighted by atomic mass is 9.95. The van der Waals surface area contributed by atoms with E-state index in [4.69, 9.17) is 9.47 Å². The monoisotopic (exact) mass is 486 g/mol. The molecular formula is C29H30N2O5. The summed E-state index contributed by atoms with van der Waals surface area (Å²) in [6, 6.07) is 15.2. The number of pyridine rings is 1. The topological polar surface area (TPSA) is 89.0 Å². The Morgan fingerprint density at radius 3 is 2.25 bits per heavy atom. The van der Waals surface area contributed by atoms with Gasteiger partial charge in [0, 0.05) is 24.1 Å². The lowest BCUT2D eigenvalue weighted by molar-refractivity contribution is -0.132. The van der Waals surface area contributed by atoms with E-state index in [1.807, 2.05) is 38.1 Å². The van der Waals surface area contributed by atoms with Crippen LogP contribution in [0.1, 0.15) is 56.3 Å². The SMILES string of the molecule is CCOc1ccc(/C(O)=C2/C(=O)C(=O)N(c3ccc(C(C)C)cc3)C2c2ccncc2)c(OCC)c1. The van der Waals surface area contributed by atoms with Crippen molar-refractivity contribution in [2.24, 2.45) is 0 Å². The molecule has 1 N–H and O–H groups in total. The highest BCUT2D eigenvalue weighted by Gasteiger charge is 2.47. The van der Waals surface area contributed by atoms with E-state index in [1.54, 1.807) is 42.7 Å². The zero-order chi connectivity index (χ0) is 25.8. The van der Waals surface area contributed by atoms with Gasteiger partial charge in [0.2, 0.25) is 0 Å². The number of ether oxygens (including phenoxy) is 2. The van der Waals surface area contributed by atoms with E-state index in [0.29, 0.717) is 47.4 Å². The number of Topliss-reactive ketones (excluding diaryl/α,β-unsaturated/α-hetero) is 1. The van der Waals surface area contributed by atoms with Gasteiger partial charge in [-0.1, -0.05) is 26.0 Å². The molecular weight excluding hydrogens is 456 g/mol. The molecule has 0 radical (unpaired) electrons. The largest absolute Gasteiger partial charge is 0.507 e. The molecule has 1 aliphatic rings. The zero-order valence-corrected chi connectivity index (χ0v) is 20.9. The Morgan fingerprint density at radius 2 is 1.64 bits per heavy atom. The van der Waals surface area contributed by atoms with E-state index in [9.17, 15) is 14.7 Å². The standard InChI is InChI=1S/C29H30N2O5/c1-5-35-22-11-12-23(24(17-22)36-6-2)27(32)25-26(20-13-15-30-16-14-20)31(29(34)28(25)33)21-9-7-19(8-10-21)18(3)4/h7-18,26,32H,5-6H2,1-4H3/b27-25-. The van der Waals surface area contributed by atoms with Crippen LogP contribution in [0.2, 0.25) is 0 Å². The number of carbonyl (C=O) groups excluding carboxylic acids is 2. The average Bonchev–Trinajstić information content (AvgIpc) is 3.15. The van der Waals surface area contributed by atoms with Gasteiger partial charge in [-0.2, -0.15) is 0 Å². The van der Waals surface area contributed by atoms with Crippen molar-refractivity contribution in [2.75, 3.05) is 18.1 Å². The van der Waals surface area contributed by atoms with Gasteiger partial charge < -0.3 is 14.6 Å². The molecule has 1 fully saturated rings. The van der Waals surface area contributed by atoms with Crippen LogP contribution in [0.25, 0.3) is 5.76 Å². The molecule has 2 heterocycles. The molecule has 0 spiro atoms. The Hall–Kier alpha value is -4.13. The number of anilines is 1. The summed E-state index contributed by atoms with van der Waals surface area (Å²) in [6.07, 6.45) is 3.19. The van der Waals surface area contributed by atoms with E-state index in [0.717, 1.165) is 5.56 Å². The number of rotatable bonds is 8. The first-order valence-corrected chi connectivity index (χ1v) is 12.1. The molecule has 0 aliphatic carbocycles. The van der Waals surface area contributed by atoms with Gasteiger partial charge in [0.05, 0.1) is 30.4 Å². The number of ketones is 1. The molecule has 7 nitrogen and oxygen atoms in total. The first kappa shape index (κ1) is 25.0. The summed E-state index contributed by atoms with van der Waals surface area (Å²) in [5.41, 5.74) is 2.64. The number of aliphatic hydroxyl groups is 1. The molecule has 7 heteroatoms. The summed E-state index contributed by atoms with van der Waals surface area (Å²) >= 11 is 0. The minimum atomic E-state index is -0.834. The Labute approximate surface area is 211 Å². The molecule has 0 bridgehead atoms. The highest BCUT2D eigenvalue weighted by atomic mass is 16.5. The van der Waals surface area contributed by atoms with Gasteiger partial charge in [-0.15, -0.1) is 0 Å². The summed E-state index contributed by atoms with van der Waals surface area (Å²) in [7, 11) is 0. The van der Waals surface area contributed by atoms with Gasteiger partial charge in [-0.25, -0.2) is 0 Å². The van der Waals surface area contributed by atoms with Gasteiger partial charge >= 0.3 is 0 Å². The highest BCUT2D eigenvalue weighted by Crippen LogP contribution is 2.43. The van der Waals surface area contributed by atoms with Crippen LogP contribution >= 0.6 is 0 Å². The number of benzene rings is 2. The number of hydrogen-bond acceptors (Lipinski definition) is 6. The summed E-state index contributed by atoms with van der Waals surface area (Å²) in [5.74, 6) is -0.515. The summed E-state index contributed by atoms with van der Waals surface area (Å²) < 4.78 is 11.3. The van der Waals surface area contributed by atoms with Crippen LogP contribution in [0.5, 0.6) is 11.5 Å². The molecule has 0 saturated carbocycles. The molecule has 1 saturated heterocycles. The summed E-state index contributed by atoms with van der Waals surface area (Å²) in [4.78, 5) is 32.3. The molecule has 2 aromatic carbocycles. The van der Waals surface area contributed by atoms with Crippen LogP contribution in [0.15, 0.2) is 72.6 Å². The van der Waals surface area contributed by atoms with E-state index >= 15 is 0 Å². The minimum absolute atomic E-state index is 0.00995. The van der Waals surface area contributed by atoms with Crippen LogP contribution in [0.3, 0.4) is 0 Å². The average molecular weight is 487 g/mol. The molecule has 36 heavy (non-hydrogen) atoms. The Morgan fingerprint density at radius 1 is 0.972 bits per heavy atom. The Bertz CT molecular complexity index is 1280. The predicted octanol–water partition coefficient (Wildman–Crippen LogP) is 5.63. The molecule has 4 rings (SSSR count). The molecule has 1 atom stereocenters. The second kappa shape index (κ2) is 10.6. The summed E-state index contributed by atoms with van der Waals surface area (Å²) in [6.45, 7) is 8.70. The van der Waals surface area contributed by atoms with E-state index in [-0.39, 0.29) is 11.3 Å². The molecule has 186 valence electrons. The second-order valence-electron chi connectivity index (χ2n) is 8.72. The van der Waals surface area contributed by atoms with Crippen molar-refractivity contribution in [3.05, 3.63) is 89.3 Å². The van der Waals surface area contributed by atoms with Crippen LogP contribution in [-0.4, -0.2) is 35.0 Å². The maximum Gasteiger partial charge on any atom is 0.300 e.